The SMILES string of the molecule is CC(C)(C)OC(=O)NCC(=O)Nc1ccc(CNC(=O)c2ccc(=O)[nH]n2)cc1. The van der Waals surface area contributed by atoms with E-state index in [0.717, 1.165) is 5.56 Å². The van der Waals surface area contributed by atoms with Gasteiger partial charge in [-0.3, -0.25) is 14.4 Å². The normalized spacial score (nSPS) is 10.7. The van der Waals surface area contributed by atoms with Crippen molar-refractivity contribution in [3.8, 4) is 0 Å². The van der Waals surface area contributed by atoms with Gasteiger partial charge in [-0.2, -0.15) is 5.10 Å². The first kappa shape index (κ1) is 21.6. The number of aromatic nitrogens is 2. The summed E-state index contributed by atoms with van der Waals surface area (Å²) in [6.07, 6.45) is -0.671. The van der Waals surface area contributed by atoms with Gasteiger partial charge in [0, 0.05) is 18.3 Å². The molecule has 1 aromatic carbocycles. The van der Waals surface area contributed by atoms with Crippen LogP contribution >= 0.6 is 0 Å². The molecule has 0 spiro atoms. The molecule has 0 bridgehead atoms. The van der Waals surface area contributed by atoms with Crippen LogP contribution in [-0.2, 0) is 16.1 Å². The highest BCUT2D eigenvalue weighted by molar-refractivity contribution is 5.94. The summed E-state index contributed by atoms with van der Waals surface area (Å²) < 4.78 is 5.05. The lowest BCUT2D eigenvalue weighted by atomic mass is 10.2. The summed E-state index contributed by atoms with van der Waals surface area (Å²) in [5, 5.41) is 13.5. The maximum absolute atomic E-state index is 12.0. The molecule has 4 N–H and O–H groups in total. The minimum absolute atomic E-state index is 0.103. The van der Waals surface area contributed by atoms with Crippen LogP contribution in [0, 0.1) is 0 Å². The molecular weight excluding hydrogens is 378 g/mol. The molecule has 10 nitrogen and oxygen atoms in total. The van der Waals surface area contributed by atoms with E-state index in [4.69, 9.17) is 4.74 Å². The number of ether oxygens (including phenoxy) is 1. The second-order valence-corrected chi connectivity index (χ2v) is 7.09. The minimum atomic E-state index is -0.671. The van der Waals surface area contributed by atoms with E-state index in [0.29, 0.717) is 5.69 Å². The lowest BCUT2D eigenvalue weighted by Gasteiger charge is -2.19. The van der Waals surface area contributed by atoms with Crippen molar-refractivity contribution in [2.45, 2.75) is 32.9 Å². The van der Waals surface area contributed by atoms with Crippen LogP contribution in [0.4, 0.5) is 10.5 Å². The largest absolute Gasteiger partial charge is 0.444 e. The number of anilines is 1. The van der Waals surface area contributed by atoms with Gasteiger partial charge in [-0.05, 0) is 44.5 Å². The Labute approximate surface area is 167 Å². The Balaban J connectivity index is 1.78. The highest BCUT2D eigenvalue weighted by Crippen LogP contribution is 2.10. The van der Waals surface area contributed by atoms with Gasteiger partial charge < -0.3 is 20.7 Å². The van der Waals surface area contributed by atoms with Gasteiger partial charge in [0.15, 0.2) is 0 Å². The summed E-state index contributed by atoms with van der Waals surface area (Å²) in [6, 6.07) is 9.36. The van der Waals surface area contributed by atoms with Gasteiger partial charge in [-0.15, -0.1) is 0 Å². The van der Waals surface area contributed by atoms with E-state index < -0.39 is 23.5 Å². The number of nitrogens with zero attached hydrogens (tertiary/aromatic N) is 1. The fourth-order valence-corrected chi connectivity index (χ4v) is 2.12. The van der Waals surface area contributed by atoms with E-state index in [1.807, 2.05) is 0 Å². The second kappa shape index (κ2) is 9.49. The predicted octanol–water partition coefficient (Wildman–Crippen LogP) is 1.16. The first-order valence-corrected chi connectivity index (χ1v) is 8.82. The Hall–Kier alpha value is -3.69. The Bertz CT molecular complexity index is 911. The average Bonchev–Trinajstić information content (AvgIpc) is 2.65. The van der Waals surface area contributed by atoms with Crippen LogP contribution in [0.1, 0.15) is 36.8 Å². The molecule has 10 heteroatoms. The number of nitrogens with one attached hydrogen (secondary N) is 4. The Morgan fingerprint density at radius 1 is 1.03 bits per heavy atom. The zero-order chi connectivity index (χ0) is 21.4. The molecule has 154 valence electrons. The number of amides is 3. The Kier molecular flexibility index (Phi) is 7.07. The van der Waals surface area contributed by atoms with E-state index in [1.54, 1.807) is 45.0 Å². The topological polar surface area (TPSA) is 142 Å². The number of hydrogen-bond donors (Lipinski definition) is 4. The maximum atomic E-state index is 12.0. The third-order valence-corrected chi connectivity index (χ3v) is 3.39. The van der Waals surface area contributed by atoms with Gasteiger partial charge in [0.05, 0.1) is 0 Å². The molecule has 0 atom stereocenters. The number of carbonyl (C=O) groups excluding carboxylic acids is 3. The van der Waals surface area contributed by atoms with E-state index in [-0.39, 0.29) is 24.3 Å². The number of aromatic amines is 1. The molecule has 3 amide bonds. The van der Waals surface area contributed by atoms with Crippen molar-refractivity contribution < 1.29 is 19.1 Å². The summed E-state index contributed by atoms with van der Waals surface area (Å²) in [5.41, 5.74) is 0.414. The predicted molar refractivity (Wildman–Crippen MR) is 105 cm³/mol. The van der Waals surface area contributed by atoms with Crippen molar-refractivity contribution in [3.05, 3.63) is 58.0 Å². The van der Waals surface area contributed by atoms with Gasteiger partial charge in [0.25, 0.3) is 11.5 Å². The molecule has 0 unspecified atom stereocenters. The molecule has 29 heavy (non-hydrogen) atoms. The number of rotatable bonds is 6. The van der Waals surface area contributed by atoms with Crippen molar-refractivity contribution in [2.75, 3.05) is 11.9 Å². The molecule has 2 rings (SSSR count). The number of H-pyrrole nitrogens is 1. The van der Waals surface area contributed by atoms with Crippen LogP contribution in [0.3, 0.4) is 0 Å². The quantitative estimate of drug-likeness (QED) is 0.572. The Morgan fingerprint density at radius 2 is 1.72 bits per heavy atom. The first-order chi connectivity index (χ1) is 13.6. The van der Waals surface area contributed by atoms with Gasteiger partial charge in [-0.25, -0.2) is 9.89 Å². The molecule has 0 saturated heterocycles. The molecule has 0 aliphatic carbocycles. The first-order valence-electron chi connectivity index (χ1n) is 8.82. The molecule has 0 saturated carbocycles. The third-order valence-electron chi connectivity index (χ3n) is 3.39. The number of carbonyl (C=O) groups is 3. The van der Waals surface area contributed by atoms with Crippen molar-refractivity contribution >= 4 is 23.6 Å². The zero-order valence-corrected chi connectivity index (χ0v) is 16.4. The molecular formula is C19H23N5O5. The fourth-order valence-electron chi connectivity index (χ4n) is 2.12. The van der Waals surface area contributed by atoms with Crippen LogP contribution in [0.25, 0.3) is 0 Å². The lowest BCUT2D eigenvalue weighted by molar-refractivity contribution is -0.115. The van der Waals surface area contributed by atoms with Crippen molar-refractivity contribution in [1.29, 1.82) is 0 Å². The standard InChI is InChI=1S/C19H23N5O5/c1-19(2,3)29-18(28)21-11-16(26)22-13-6-4-12(5-7-13)10-20-17(27)14-8-9-15(25)24-23-14/h4-9H,10-11H2,1-3H3,(H,20,27)(H,21,28)(H,22,26)(H,24,25). The molecule has 1 heterocycles. The maximum Gasteiger partial charge on any atom is 0.408 e. The van der Waals surface area contributed by atoms with E-state index >= 15 is 0 Å². The number of hydrogen-bond acceptors (Lipinski definition) is 6. The molecule has 1 aromatic heterocycles. The van der Waals surface area contributed by atoms with Crippen molar-refractivity contribution in [1.82, 2.24) is 20.8 Å². The fraction of sp³-hybridized carbons (Fsp3) is 0.316. The van der Waals surface area contributed by atoms with Crippen molar-refractivity contribution in [3.63, 3.8) is 0 Å². The highest BCUT2D eigenvalue weighted by atomic mass is 16.6. The highest BCUT2D eigenvalue weighted by Gasteiger charge is 2.16. The Morgan fingerprint density at radius 3 is 2.31 bits per heavy atom. The van der Waals surface area contributed by atoms with E-state index in [9.17, 15) is 19.2 Å². The lowest BCUT2D eigenvalue weighted by Crippen LogP contribution is -2.37. The van der Waals surface area contributed by atoms with Gasteiger partial charge in [-0.1, -0.05) is 12.1 Å². The number of alkyl carbamates (subject to hydrolysis) is 1. The number of benzene rings is 1. The van der Waals surface area contributed by atoms with Crippen LogP contribution in [0.5, 0.6) is 0 Å². The van der Waals surface area contributed by atoms with Gasteiger partial charge in [0.2, 0.25) is 5.91 Å². The second-order valence-electron chi connectivity index (χ2n) is 7.09. The van der Waals surface area contributed by atoms with E-state index in [1.165, 1.54) is 12.1 Å². The molecule has 0 aliphatic heterocycles. The van der Waals surface area contributed by atoms with E-state index in [2.05, 4.69) is 26.1 Å². The van der Waals surface area contributed by atoms with Crippen LogP contribution in [0.15, 0.2) is 41.2 Å². The summed E-state index contributed by atoms with van der Waals surface area (Å²) >= 11 is 0. The smallest absolute Gasteiger partial charge is 0.408 e. The third kappa shape index (κ3) is 7.83. The van der Waals surface area contributed by atoms with Gasteiger partial charge >= 0.3 is 6.09 Å². The molecule has 0 fully saturated rings. The summed E-state index contributed by atoms with van der Waals surface area (Å²) in [7, 11) is 0. The molecule has 0 aliphatic rings. The van der Waals surface area contributed by atoms with Crippen molar-refractivity contribution in [2.24, 2.45) is 0 Å². The average molecular weight is 401 g/mol. The minimum Gasteiger partial charge on any atom is -0.444 e. The monoisotopic (exact) mass is 401 g/mol. The molecule has 2 aromatic rings. The van der Waals surface area contributed by atoms with Crippen LogP contribution < -0.4 is 21.5 Å². The summed E-state index contributed by atoms with van der Waals surface area (Å²) in [6.45, 7) is 5.21. The van der Waals surface area contributed by atoms with Gasteiger partial charge in [0.1, 0.15) is 17.8 Å². The summed E-state index contributed by atoms with van der Waals surface area (Å²) in [5.74, 6) is -0.826. The summed E-state index contributed by atoms with van der Waals surface area (Å²) in [4.78, 5) is 46.3. The zero-order valence-electron chi connectivity index (χ0n) is 16.4. The van der Waals surface area contributed by atoms with Crippen LogP contribution in [0.2, 0.25) is 0 Å². The van der Waals surface area contributed by atoms with Crippen LogP contribution in [-0.4, -0.2) is 40.3 Å². The molecule has 0 radical (unpaired) electrons.